The molecule has 134 valence electrons. The van der Waals surface area contributed by atoms with Crippen molar-refractivity contribution in [2.24, 2.45) is 5.92 Å². The van der Waals surface area contributed by atoms with Gasteiger partial charge in [-0.25, -0.2) is 8.78 Å². The van der Waals surface area contributed by atoms with Crippen LogP contribution in [0.15, 0.2) is 12.1 Å². The number of nitrogens with one attached hydrogen (secondary N) is 1. The van der Waals surface area contributed by atoms with Gasteiger partial charge in [0.25, 0.3) is 5.91 Å². The first-order valence-electron chi connectivity index (χ1n) is 8.55. The maximum absolute atomic E-state index is 14.4. The molecule has 3 nitrogen and oxygen atoms in total. The van der Waals surface area contributed by atoms with Crippen LogP contribution < -0.4 is 5.32 Å². The van der Waals surface area contributed by atoms with Gasteiger partial charge in [0.2, 0.25) is 0 Å². The van der Waals surface area contributed by atoms with Gasteiger partial charge in [-0.05, 0) is 68.3 Å². The quantitative estimate of drug-likeness (QED) is 0.873. The second-order valence-electron chi connectivity index (χ2n) is 6.85. The zero-order chi connectivity index (χ0) is 16.4. The van der Waals surface area contributed by atoms with Crippen LogP contribution >= 0.6 is 12.4 Å². The van der Waals surface area contributed by atoms with Gasteiger partial charge in [0.05, 0.1) is 5.56 Å². The van der Waals surface area contributed by atoms with Gasteiger partial charge in [-0.1, -0.05) is 6.92 Å². The highest BCUT2D eigenvalue weighted by molar-refractivity contribution is 5.94. The fourth-order valence-electron chi connectivity index (χ4n) is 3.55. The van der Waals surface area contributed by atoms with Gasteiger partial charge < -0.3 is 10.2 Å². The van der Waals surface area contributed by atoms with Crippen LogP contribution in [-0.4, -0.2) is 37.0 Å². The molecule has 24 heavy (non-hydrogen) atoms. The van der Waals surface area contributed by atoms with Crippen molar-refractivity contribution in [2.45, 2.75) is 38.5 Å². The van der Waals surface area contributed by atoms with Crippen molar-refractivity contribution in [1.82, 2.24) is 10.2 Å². The molecule has 2 fully saturated rings. The van der Waals surface area contributed by atoms with E-state index in [1.165, 1.54) is 6.07 Å². The third-order valence-corrected chi connectivity index (χ3v) is 5.17. The lowest BCUT2D eigenvalue weighted by Crippen LogP contribution is -2.38. The Morgan fingerprint density at radius 1 is 1.08 bits per heavy atom. The highest BCUT2D eigenvalue weighted by Gasteiger charge is 2.26. The third-order valence-electron chi connectivity index (χ3n) is 5.17. The summed E-state index contributed by atoms with van der Waals surface area (Å²) in [5, 5.41) is 3.22. The summed E-state index contributed by atoms with van der Waals surface area (Å²) < 4.78 is 28.9. The van der Waals surface area contributed by atoms with E-state index < -0.39 is 11.6 Å². The monoisotopic (exact) mass is 358 g/mol. The van der Waals surface area contributed by atoms with Crippen LogP contribution in [0.1, 0.15) is 54.4 Å². The van der Waals surface area contributed by atoms with Gasteiger partial charge in [0, 0.05) is 13.1 Å². The van der Waals surface area contributed by atoms with E-state index in [1.807, 2.05) is 0 Å². The first-order chi connectivity index (χ1) is 11.1. The topological polar surface area (TPSA) is 32.3 Å². The van der Waals surface area contributed by atoms with Crippen LogP contribution in [-0.2, 0) is 0 Å². The average Bonchev–Trinajstić information content (AvgIpc) is 2.57. The van der Waals surface area contributed by atoms with E-state index in [0.717, 1.165) is 44.8 Å². The van der Waals surface area contributed by atoms with E-state index in [9.17, 15) is 13.6 Å². The van der Waals surface area contributed by atoms with Gasteiger partial charge in [-0.15, -0.1) is 12.4 Å². The molecule has 0 radical (unpaired) electrons. The van der Waals surface area contributed by atoms with Crippen molar-refractivity contribution in [3.63, 3.8) is 0 Å². The minimum Gasteiger partial charge on any atom is -0.339 e. The Morgan fingerprint density at radius 2 is 1.71 bits per heavy atom. The lowest BCUT2D eigenvalue weighted by molar-refractivity contribution is 0.0692. The summed E-state index contributed by atoms with van der Waals surface area (Å²) in [6.45, 7) is 5.03. The maximum atomic E-state index is 14.4. The van der Waals surface area contributed by atoms with Crippen molar-refractivity contribution in [3.05, 3.63) is 34.9 Å². The number of carbonyl (C=O) groups is 1. The van der Waals surface area contributed by atoms with Crippen LogP contribution in [0.3, 0.4) is 0 Å². The number of amides is 1. The zero-order valence-corrected chi connectivity index (χ0v) is 14.8. The van der Waals surface area contributed by atoms with Gasteiger partial charge in [0.15, 0.2) is 0 Å². The minimum atomic E-state index is -0.594. The van der Waals surface area contributed by atoms with E-state index in [0.29, 0.717) is 24.6 Å². The first kappa shape index (κ1) is 19.1. The van der Waals surface area contributed by atoms with Crippen molar-refractivity contribution in [1.29, 1.82) is 0 Å². The summed E-state index contributed by atoms with van der Waals surface area (Å²) in [4.78, 5) is 14.1. The molecule has 1 aromatic rings. The van der Waals surface area contributed by atoms with Crippen molar-refractivity contribution >= 4 is 18.3 Å². The summed E-state index contributed by atoms with van der Waals surface area (Å²) in [6, 6.07) is 2.35. The molecule has 1 amide bonds. The van der Waals surface area contributed by atoms with Gasteiger partial charge in [-0.2, -0.15) is 0 Å². The summed E-state index contributed by atoms with van der Waals surface area (Å²) in [5.41, 5.74) is 0.280. The highest BCUT2D eigenvalue weighted by atomic mass is 35.5. The Kier molecular flexibility index (Phi) is 6.58. The molecule has 2 saturated heterocycles. The largest absolute Gasteiger partial charge is 0.339 e. The molecule has 2 aliphatic rings. The molecule has 0 aliphatic carbocycles. The van der Waals surface area contributed by atoms with Crippen LogP contribution in [0.25, 0.3) is 0 Å². The molecular weight excluding hydrogens is 334 g/mol. The SMILES string of the molecule is CC1CCN(C(=O)c2cc(F)c(C3CCNCC3)cc2F)CC1.Cl. The van der Waals surface area contributed by atoms with E-state index in [4.69, 9.17) is 0 Å². The number of rotatable bonds is 2. The fourth-order valence-corrected chi connectivity index (χ4v) is 3.55. The number of halogens is 3. The average molecular weight is 359 g/mol. The molecule has 0 spiro atoms. The highest BCUT2D eigenvalue weighted by Crippen LogP contribution is 2.30. The molecule has 0 saturated carbocycles. The van der Waals surface area contributed by atoms with Crippen LogP contribution in [0, 0.1) is 17.6 Å². The first-order valence-corrected chi connectivity index (χ1v) is 8.55. The summed E-state index contributed by atoms with van der Waals surface area (Å²) in [5.74, 6) is -0.811. The molecule has 1 aromatic carbocycles. The molecule has 6 heteroatoms. The van der Waals surface area contributed by atoms with E-state index >= 15 is 0 Å². The molecular formula is C18H25ClF2N2O. The number of piperidine rings is 2. The lowest BCUT2D eigenvalue weighted by Gasteiger charge is -2.30. The Balaban J connectivity index is 0.00000208. The normalized spacial score (nSPS) is 19.9. The molecule has 0 aromatic heterocycles. The van der Waals surface area contributed by atoms with E-state index in [-0.39, 0.29) is 29.8 Å². The van der Waals surface area contributed by atoms with E-state index in [1.54, 1.807) is 4.90 Å². The summed E-state index contributed by atoms with van der Waals surface area (Å²) in [7, 11) is 0. The standard InChI is InChI=1S/C18H24F2N2O.ClH/c1-12-4-8-22(9-5-12)18(23)15-11-16(19)14(10-17(15)20)13-2-6-21-7-3-13;/h10-13,21H,2-9H2,1H3;1H. The van der Waals surface area contributed by atoms with Crippen molar-refractivity contribution < 1.29 is 13.6 Å². The minimum absolute atomic E-state index is 0. The second kappa shape index (κ2) is 8.26. The third kappa shape index (κ3) is 4.06. The van der Waals surface area contributed by atoms with Gasteiger partial charge in [-0.3, -0.25) is 4.79 Å². The number of carbonyl (C=O) groups excluding carboxylic acids is 1. The fraction of sp³-hybridized carbons (Fsp3) is 0.611. The number of hydrogen-bond donors (Lipinski definition) is 1. The molecule has 3 rings (SSSR count). The Hall–Kier alpha value is -1.20. The van der Waals surface area contributed by atoms with Gasteiger partial charge >= 0.3 is 0 Å². The predicted octanol–water partition coefficient (Wildman–Crippen LogP) is 3.73. The van der Waals surface area contributed by atoms with Crippen LogP contribution in [0.4, 0.5) is 8.78 Å². The Bertz CT molecular complexity index is 583. The zero-order valence-electron chi connectivity index (χ0n) is 14.0. The number of benzene rings is 1. The Morgan fingerprint density at radius 3 is 2.33 bits per heavy atom. The number of likely N-dealkylation sites (tertiary alicyclic amines) is 1. The number of hydrogen-bond acceptors (Lipinski definition) is 2. The van der Waals surface area contributed by atoms with Gasteiger partial charge in [0.1, 0.15) is 11.6 Å². The smallest absolute Gasteiger partial charge is 0.256 e. The molecule has 0 unspecified atom stereocenters. The molecule has 0 bridgehead atoms. The number of nitrogens with zero attached hydrogens (tertiary/aromatic N) is 1. The molecule has 1 N–H and O–H groups in total. The second-order valence-corrected chi connectivity index (χ2v) is 6.85. The van der Waals surface area contributed by atoms with Crippen molar-refractivity contribution in [2.75, 3.05) is 26.2 Å². The molecule has 2 heterocycles. The Labute approximate surface area is 148 Å². The van der Waals surface area contributed by atoms with Crippen LogP contribution in [0.2, 0.25) is 0 Å². The maximum Gasteiger partial charge on any atom is 0.256 e. The summed E-state index contributed by atoms with van der Waals surface area (Å²) in [6.07, 6.45) is 3.44. The van der Waals surface area contributed by atoms with E-state index in [2.05, 4.69) is 12.2 Å². The molecule has 0 atom stereocenters. The predicted molar refractivity (Wildman–Crippen MR) is 92.8 cm³/mol. The lowest BCUT2D eigenvalue weighted by atomic mass is 9.89. The molecule has 2 aliphatic heterocycles. The van der Waals surface area contributed by atoms with Crippen LogP contribution in [0.5, 0.6) is 0 Å². The van der Waals surface area contributed by atoms with Crippen molar-refractivity contribution in [3.8, 4) is 0 Å². The summed E-state index contributed by atoms with van der Waals surface area (Å²) >= 11 is 0.